The highest BCUT2D eigenvalue weighted by molar-refractivity contribution is 6.31. The molecule has 1 unspecified atom stereocenters. The number of hydrogen-bond donors (Lipinski definition) is 1. The molecule has 2 N–H and O–H groups in total. The summed E-state index contributed by atoms with van der Waals surface area (Å²) >= 11 is 6.35. The third kappa shape index (κ3) is 2.45. The normalized spacial score (nSPS) is 13.0. The zero-order chi connectivity index (χ0) is 15.0. The van der Waals surface area contributed by atoms with Gasteiger partial charge in [0.2, 0.25) is 0 Å². The summed E-state index contributed by atoms with van der Waals surface area (Å²) in [7, 11) is 0. The van der Waals surface area contributed by atoms with Gasteiger partial charge < -0.3 is 10.2 Å². The van der Waals surface area contributed by atoms with E-state index in [-0.39, 0.29) is 6.04 Å². The Morgan fingerprint density at radius 3 is 2.90 bits per heavy atom. The SMILES string of the molecule is CCn1nc(C)c(Cl)c1CC(N)c1coc2ccccc12. The highest BCUT2D eigenvalue weighted by atomic mass is 35.5. The predicted octanol–water partition coefficient (Wildman–Crippen LogP) is 3.85. The number of rotatable bonds is 4. The minimum atomic E-state index is -0.174. The third-order valence-corrected chi connectivity index (χ3v) is 4.27. The van der Waals surface area contributed by atoms with E-state index in [0.717, 1.165) is 34.5 Å². The van der Waals surface area contributed by atoms with Gasteiger partial charge in [0.05, 0.1) is 22.7 Å². The molecule has 4 nitrogen and oxygen atoms in total. The zero-order valence-corrected chi connectivity index (χ0v) is 12.9. The van der Waals surface area contributed by atoms with Crippen LogP contribution in [0.4, 0.5) is 0 Å². The predicted molar refractivity (Wildman–Crippen MR) is 84.5 cm³/mol. The summed E-state index contributed by atoms with van der Waals surface area (Å²) < 4.78 is 7.48. The van der Waals surface area contributed by atoms with Crippen LogP contribution in [0.15, 0.2) is 34.9 Å². The van der Waals surface area contributed by atoms with E-state index in [1.807, 2.05) is 42.8 Å². The molecule has 0 fully saturated rings. The van der Waals surface area contributed by atoms with Crippen molar-refractivity contribution in [1.29, 1.82) is 0 Å². The maximum atomic E-state index is 6.38. The van der Waals surface area contributed by atoms with Crippen molar-refractivity contribution in [2.45, 2.75) is 32.9 Å². The van der Waals surface area contributed by atoms with Crippen molar-refractivity contribution in [3.63, 3.8) is 0 Å². The fourth-order valence-electron chi connectivity index (χ4n) is 2.67. The Labute approximate surface area is 128 Å². The number of aryl methyl sites for hydroxylation is 2. The van der Waals surface area contributed by atoms with Crippen LogP contribution in [-0.2, 0) is 13.0 Å². The Balaban J connectivity index is 1.95. The first-order valence-corrected chi connectivity index (χ1v) is 7.43. The second-order valence-corrected chi connectivity index (χ2v) is 5.54. The number of fused-ring (bicyclic) bond motifs is 1. The average Bonchev–Trinajstić information content (AvgIpc) is 3.03. The quantitative estimate of drug-likeness (QED) is 0.796. The second kappa shape index (κ2) is 5.54. The Bertz CT molecular complexity index is 775. The third-order valence-electron chi connectivity index (χ3n) is 3.78. The molecule has 5 heteroatoms. The lowest BCUT2D eigenvalue weighted by molar-refractivity contribution is 0.574. The van der Waals surface area contributed by atoms with Crippen LogP contribution in [0.25, 0.3) is 11.0 Å². The summed E-state index contributed by atoms with van der Waals surface area (Å²) in [6.07, 6.45) is 2.37. The lowest BCUT2D eigenvalue weighted by atomic mass is 10.0. The van der Waals surface area contributed by atoms with Gasteiger partial charge in [-0.3, -0.25) is 4.68 Å². The molecular formula is C16H18ClN3O. The van der Waals surface area contributed by atoms with E-state index in [4.69, 9.17) is 21.8 Å². The monoisotopic (exact) mass is 303 g/mol. The van der Waals surface area contributed by atoms with Gasteiger partial charge in [0.15, 0.2) is 0 Å². The van der Waals surface area contributed by atoms with E-state index in [2.05, 4.69) is 5.10 Å². The molecule has 0 aliphatic heterocycles. The summed E-state index contributed by atoms with van der Waals surface area (Å²) in [5, 5.41) is 6.20. The maximum absolute atomic E-state index is 6.38. The summed E-state index contributed by atoms with van der Waals surface area (Å²) in [5.41, 5.74) is 10.1. The number of aromatic nitrogens is 2. The highest BCUT2D eigenvalue weighted by Gasteiger charge is 2.19. The van der Waals surface area contributed by atoms with Crippen LogP contribution in [0.5, 0.6) is 0 Å². The highest BCUT2D eigenvalue weighted by Crippen LogP contribution is 2.29. The van der Waals surface area contributed by atoms with Crippen molar-refractivity contribution >= 4 is 22.6 Å². The van der Waals surface area contributed by atoms with Gasteiger partial charge in [-0.1, -0.05) is 29.8 Å². The molecule has 0 saturated carbocycles. The zero-order valence-electron chi connectivity index (χ0n) is 12.1. The van der Waals surface area contributed by atoms with Crippen molar-refractivity contribution in [2.24, 2.45) is 5.73 Å². The molecule has 0 bridgehead atoms. The lowest BCUT2D eigenvalue weighted by Crippen LogP contribution is -2.16. The molecule has 2 aromatic heterocycles. The number of benzene rings is 1. The van der Waals surface area contributed by atoms with E-state index in [0.29, 0.717) is 11.4 Å². The van der Waals surface area contributed by atoms with Gasteiger partial charge in [0.1, 0.15) is 5.58 Å². The topological polar surface area (TPSA) is 57.0 Å². The molecule has 0 spiro atoms. The molecule has 1 atom stereocenters. The fourth-order valence-corrected chi connectivity index (χ4v) is 2.88. The van der Waals surface area contributed by atoms with Gasteiger partial charge in [0.25, 0.3) is 0 Å². The number of nitrogens with zero attached hydrogens (tertiary/aromatic N) is 2. The van der Waals surface area contributed by atoms with Crippen LogP contribution in [0.2, 0.25) is 5.02 Å². The number of para-hydroxylation sites is 1. The van der Waals surface area contributed by atoms with Crippen LogP contribution in [0, 0.1) is 6.92 Å². The first-order valence-electron chi connectivity index (χ1n) is 7.05. The Morgan fingerprint density at radius 1 is 1.38 bits per heavy atom. The fraction of sp³-hybridized carbons (Fsp3) is 0.312. The molecule has 0 radical (unpaired) electrons. The number of halogens is 1. The van der Waals surface area contributed by atoms with Crippen LogP contribution in [-0.4, -0.2) is 9.78 Å². The second-order valence-electron chi connectivity index (χ2n) is 5.16. The maximum Gasteiger partial charge on any atom is 0.134 e. The van der Waals surface area contributed by atoms with Gasteiger partial charge in [-0.15, -0.1) is 0 Å². The van der Waals surface area contributed by atoms with E-state index in [1.165, 1.54) is 0 Å². The molecule has 3 rings (SSSR count). The van der Waals surface area contributed by atoms with Gasteiger partial charge in [0, 0.05) is 30.0 Å². The van der Waals surface area contributed by atoms with E-state index in [1.54, 1.807) is 6.26 Å². The lowest BCUT2D eigenvalue weighted by Gasteiger charge is -2.12. The molecule has 110 valence electrons. The van der Waals surface area contributed by atoms with Crippen LogP contribution in [0.3, 0.4) is 0 Å². The Kier molecular flexibility index (Phi) is 3.74. The van der Waals surface area contributed by atoms with Gasteiger partial charge >= 0.3 is 0 Å². The minimum absolute atomic E-state index is 0.174. The largest absolute Gasteiger partial charge is 0.464 e. The first-order chi connectivity index (χ1) is 10.1. The van der Waals surface area contributed by atoms with Gasteiger partial charge in [-0.25, -0.2) is 0 Å². The standard InChI is InChI=1S/C16H18ClN3O/c1-3-20-14(16(17)10(2)19-20)8-13(18)12-9-21-15-7-5-4-6-11(12)15/h4-7,9,13H,3,8,18H2,1-2H3. The smallest absolute Gasteiger partial charge is 0.134 e. The molecular weight excluding hydrogens is 286 g/mol. The van der Waals surface area contributed by atoms with Crippen LogP contribution in [0.1, 0.15) is 29.9 Å². The van der Waals surface area contributed by atoms with Crippen molar-refractivity contribution in [3.05, 3.63) is 52.5 Å². The molecule has 3 aromatic rings. The van der Waals surface area contributed by atoms with Crippen molar-refractivity contribution in [2.75, 3.05) is 0 Å². The molecule has 21 heavy (non-hydrogen) atoms. The molecule has 2 heterocycles. The van der Waals surface area contributed by atoms with E-state index in [9.17, 15) is 0 Å². The number of furan rings is 1. The number of hydrogen-bond acceptors (Lipinski definition) is 3. The summed E-state index contributed by atoms with van der Waals surface area (Å²) in [5.74, 6) is 0. The summed E-state index contributed by atoms with van der Waals surface area (Å²) in [6, 6.07) is 7.74. The van der Waals surface area contributed by atoms with E-state index < -0.39 is 0 Å². The summed E-state index contributed by atoms with van der Waals surface area (Å²) in [6.45, 7) is 4.74. The van der Waals surface area contributed by atoms with E-state index >= 15 is 0 Å². The van der Waals surface area contributed by atoms with Crippen molar-refractivity contribution < 1.29 is 4.42 Å². The average molecular weight is 304 g/mol. The Morgan fingerprint density at radius 2 is 2.14 bits per heavy atom. The van der Waals surface area contributed by atoms with Crippen LogP contribution < -0.4 is 5.73 Å². The molecule has 0 saturated heterocycles. The van der Waals surface area contributed by atoms with Crippen molar-refractivity contribution in [3.8, 4) is 0 Å². The molecule has 1 aromatic carbocycles. The van der Waals surface area contributed by atoms with Crippen molar-refractivity contribution in [1.82, 2.24) is 9.78 Å². The summed E-state index contributed by atoms with van der Waals surface area (Å²) in [4.78, 5) is 0. The molecule has 0 aliphatic carbocycles. The number of nitrogens with two attached hydrogens (primary N) is 1. The van der Waals surface area contributed by atoms with Crippen LogP contribution >= 0.6 is 11.6 Å². The Hall–Kier alpha value is -1.78. The first kappa shape index (κ1) is 14.2. The van der Waals surface area contributed by atoms with Gasteiger partial charge in [-0.05, 0) is 19.9 Å². The molecule has 0 aliphatic rings. The minimum Gasteiger partial charge on any atom is -0.464 e. The molecule has 0 amide bonds. The van der Waals surface area contributed by atoms with Gasteiger partial charge in [-0.2, -0.15) is 5.10 Å².